The summed E-state index contributed by atoms with van der Waals surface area (Å²) in [6, 6.07) is 15.6. The Kier molecular flexibility index (Phi) is 3.68. The summed E-state index contributed by atoms with van der Waals surface area (Å²) in [7, 11) is -3.63. The Morgan fingerprint density at radius 1 is 1.00 bits per heavy atom. The number of hydrogen-bond acceptors (Lipinski definition) is 3. The monoisotopic (exact) mass is 313 g/mol. The van der Waals surface area contributed by atoms with Gasteiger partial charge in [0.15, 0.2) is 0 Å². The van der Waals surface area contributed by atoms with Gasteiger partial charge in [0, 0.05) is 23.7 Å². The second-order valence-electron chi connectivity index (χ2n) is 4.81. The van der Waals surface area contributed by atoms with E-state index >= 15 is 0 Å². The summed E-state index contributed by atoms with van der Waals surface area (Å²) < 4.78 is 26.3. The van der Waals surface area contributed by atoms with Crippen molar-refractivity contribution in [2.45, 2.75) is 11.8 Å². The smallest absolute Gasteiger partial charge is 0.261 e. The van der Waals surface area contributed by atoms with Crippen LogP contribution in [0.15, 0.2) is 71.9 Å². The van der Waals surface area contributed by atoms with Gasteiger partial charge in [-0.15, -0.1) is 0 Å². The van der Waals surface area contributed by atoms with E-state index in [1.165, 1.54) is 4.68 Å². The Balaban J connectivity index is 1.99. The summed E-state index contributed by atoms with van der Waals surface area (Å²) in [6.07, 6.45) is 3.38. The zero-order chi connectivity index (χ0) is 15.6. The lowest BCUT2D eigenvalue weighted by Gasteiger charge is -2.13. The minimum atomic E-state index is -3.63. The van der Waals surface area contributed by atoms with Gasteiger partial charge in [-0.25, -0.2) is 4.83 Å². The number of benzene rings is 1. The van der Waals surface area contributed by atoms with Crippen molar-refractivity contribution in [1.82, 2.24) is 9.66 Å². The van der Waals surface area contributed by atoms with Gasteiger partial charge in [0.2, 0.25) is 0 Å². The van der Waals surface area contributed by atoms with E-state index in [9.17, 15) is 8.42 Å². The first-order valence-electron chi connectivity index (χ1n) is 6.75. The van der Waals surface area contributed by atoms with Gasteiger partial charge >= 0.3 is 0 Å². The quantitative estimate of drug-likeness (QED) is 0.805. The first-order valence-corrected chi connectivity index (χ1v) is 8.23. The average Bonchev–Trinajstić information content (AvgIpc) is 2.96. The highest BCUT2D eigenvalue weighted by Crippen LogP contribution is 2.22. The van der Waals surface area contributed by atoms with Crippen molar-refractivity contribution < 1.29 is 8.42 Å². The van der Waals surface area contributed by atoms with Crippen LogP contribution < -0.4 is 4.83 Å². The molecule has 0 aliphatic heterocycles. The molecule has 6 heteroatoms. The van der Waals surface area contributed by atoms with Crippen molar-refractivity contribution in [3.63, 3.8) is 0 Å². The number of nitrogens with one attached hydrogen (secondary N) is 1. The van der Waals surface area contributed by atoms with Gasteiger partial charge in [0.05, 0.1) is 10.6 Å². The van der Waals surface area contributed by atoms with Crippen molar-refractivity contribution in [3.8, 4) is 11.3 Å². The lowest BCUT2D eigenvalue weighted by molar-refractivity contribution is 0.595. The first kappa shape index (κ1) is 14.3. The van der Waals surface area contributed by atoms with Crippen LogP contribution in [0.25, 0.3) is 11.3 Å². The summed E-state index contributed by atoms with van der Waals surface area (Å²) in [5, 5.41) is 0. The minimum absolute atomic E-state index is 0.220. The second kappa shape index (κ2) is 5.65. The van der Waals surface area contributed by atoms with Gasteiger partial charge in [-0.05, 0) is 43.3 Å². The molecule has 0 saturated heterocycles. The van der Waals surface area contributed by atoms with E-state index in [2.05, 4.69) is 9.82 Å². The van der Waals surface area contributed by atoms with Crippen molar-refractivity contribution in [2.75, 3.05) is 4.83 Å². The number of hydrogen-bond donors (Lipinski definition) is 1. The molecule has 0 radical (unpaired) electrons. The van der Waals surface area contributed by atoms with Crippen LogP contribution in [0.4, 0.5) is 0 Å². The molecular weight excluding hydrogens is 298 g/mol. The Morgan fingerprint density at radius 3 is 2.50 bits per heavy atom. The maximum Gasteiger partial charge on any atom is 0.275 e. The molecule has 22 heavy (non-hydrogen) atoms. The molecule has 0 aliphatic rings. The molecule has 0 saturated carbocycles. The summed E-state index contributed by atoms with van der Waals surface area (Å²) in [4.78, 5) is 7.03. The van der Waals surface area contributed by atoms with E-state index in [4.69, 9.17) is 0 Å². The van der Waals surface area contributed by atoms with Crippen LogP contribution in [0, 0.1) is 6.92 Å². The molecule has 112 valence electrons. The normalized spacial score (nSPS) is 11.3. The summed E-state index contributed by atoms with van der Waals surface area (Å²) >= 11 is 0. The van der Waals surface area contributed by atoms with Gasteiger partial charge in [-0.1, -0.05) is 18.2 Å². The number of pyridine rings is 1. The SMILES string of the molecule is Cc1ncccc1-c1cccn1NS(=O)(=O)c1ccccc1. The van der Waals surface area contributed by atoms with Gasteiger partial charge in [-0.3, -0.25) is 9.66 Å². The fourth-order valence-electron chi connectivity index (χ4n) is 2.22. The van der Waals surface area contributed by atoms with Gasteiger partial charge in [0.1, 0.15) is 0 Å². The molecule has 1 N–H and O–H groups in total. The number of nitrogens with zero attached hydrogens (tertiary/aromatic N) is 2. The minimum Gasteiger partial charge on any atom is -0.261 e. The standard InChI is InChI=1S/C16H15N3O2S/c1-13-15(9-5-11-17-13)16-10-6-12-19(16)18-22(20,21)14-7-3-2-4-8-14/h2-12,18H,1H3. The lowest BCUT2D eigenvalue weighted by Crippen LogP contribution is -2.23. The van der Waals surface area contributed by atoms with Crippen molar-refractivity contribution in [3.05, 3.63) is 72.7 Å². The van der Waals surface area contributed by atoms with Crippen molar-refractivity contribution >= 4 is 10.0 Å². The molecule has 2 aromatic heterocycles. The van der Waals surface area contributed by atoms with Gasteiger partial charge in [0.25, 0.3) is 10.0 Å². The molecule has 0 atom stereocenters. The van der Waals surface area contributed by atoms with Gasteiger partial charge in [-0.2, -0.15) is 8.42 Å². The van der Waals surface area contributed by atoms with Crippen LogP contribution in [0.1, 0.15) is 5.69 Å². The predicted octanol–water partition coefficient (Wildman–Crippen LogP) is 2.79. The summed E-state index contributed by atoms with van der Waals surface area (Å²) in [5.41, 5.74) is 2.45. The molecule has 3 aromatic rings. The van der Waals surface area contributed by atoms with E-state index in [0.29, 0.717) is 0 Å². The van der Waals surface area contributed by atoms with Crippen LogP contribution in [0.5, 0.6) is 0 Å². The zero-order valence-corrected chi connectivity index (χ0v) is 12.8. The highest BCUT2D eigenvalue weighted by Gasteiger charge is 2.16. The maximum atomic E-state index is 12.4. The van der Waals surface area contributed by atoms with Crippen LogP contribution >= 0.6 is 0 Å². The summed E-state index contributed by atoms with van der Waals surface area (Å²) in [5.74, 6) is 0. The predicted molar refractivity (Wildman–Crippen MR) is 85.4 cm³/mol. The Bertz CT molecular complexity index is 887. The number of aryl methyl sites for hydroxylation is 1. The van der Waals surface area contributed by atoms with Crippen molar-refractivity contribution in [1.29, 1.82) is 0 Å². The lowest BCUT2D eigenvalue weighted by atomic mass is 10.1. The van der Waals surface area contributed by atoms with E-state index in [-0.39, 0.29) is 4.90 Å². The average molecular weight is 313 g/mol. The molecule has 0 spiro atoms. The Labute approximate surface area is 129 Å². The number of aromatic nitrogens is 2. The third-order valence-corrected chi connectivity index (χ3v) is 4.63. The van der Waals surface area contributed by atoms with Crippen molar-refractivity contribution in [2.24, 2.45) is 0 Å². The van der Waals surface area contributed by atoms with Gasteiger partial charge < -0.3 is 0 Å². The second-order valence-corrected chi connectivity index (χ2v) is 6.47. The third kappa shape index (κ3) is 2.73. The van der Waals surface area contributed by atoms with Crippen LogP contribution in [0.2, 0.25) is 0 Å². The van der Waals surface area contributed by atoms with E-state index in [0.717, 1.165) is 17.0 Å². The molecule has 3 rings (SSSR count). The Hall–Kier alpha value is -2.60. The van der Waals surface area contributed by atoms with E-state index in [1.807, 2.05) is 25.1 Å². The molecule has 0 fully saturated rings. The zero-order valence-electron chi connectivity index (χ0n) is 12.0. The molecular formula is C16H15N3O2S. The summed E-state index contributed by atoms with van der Waals surface area (Å²) in [6.45, 7) is 1.89. The van der Waals surface area contributed by atoms with E-state index < -0.39 is 10.0 Å². The highest BCUT2D eigenvalue weighted by atomic mass is 32.2. The van der Waals surface area contributed by atoms with Crippen LogP contribution in [-0.4, -0.2) is 18.1 Å². The molecule has 0 unspecified atom stereocenters. The first-order chi connectivity index (χ1) is 10.6. The van der Waals surface area contributed by atoms with Crippen LogP contribution in [-0.2, 0) is 10.0 Å². The fourth-order valence-corrected chi connectivity index (χ4v) is 3.26. The molecule has 0 amide bonds. The highest BCUT2D eigenvalue weighted by molar-refractivity contribution is 7.92. The topological polar surface area (TPSA) is 64.0 Å². The molecule has 1 aromatic carbocycles. The van der Waals surface area contributed by atoms with Crippen LogP contribution in [0.3, 0.4) is 0 Å². The molecule has 5 nitrogen and oxygen atoms in total. The largest absolute Gasteiger partial charge is 0.275 e. The Morgan fingerprint density at radius 2 is 1.77 bits per heavy atom. The molecule has 0 bridgehead atoms. The van der Waals surface area contributed by atoms with E-state index in [1.54, 1.807) is 48.8 Å². The maximum absolute atomic E-state index is 12.4. The molecule has 0 aliphatic carbocycles. The fraction of sp³-hybridized carbons (Fsp3) is 0.0625. The number of sulfonamides is 1. The third-order valence-electron chi connectivity index (χ3n) is 3.30. The molecule has 2 heterocycles. The number of rotatable bonds is 4.